The van der Waals surface area contributed by atoms with Crippen LogP contribution in [-0.2, 0) is 4.79 Å². The third-order valence-electron chi connectivity index (χ3n) is 4.97. The van der Waals surface area contributed by atoms with E-state index in [0.717, 1.165) is 31.6 Å². The summed E-state index contributed by atoms with van der Waals surface area (Å²) in [7, 11) is 1.98. The molecule has 3 nitrogen and oxygen atoms in total. The molecule has 1 aliphatic rings. The lowest BCUT2D eigenvalue weighted by molar-refractivity contribution is -0.134. The van der Waals surface area contributed by atoms with Crippen LogP contribution in [0.2, 0.25) is 0 Å². The van der Waals surface area contributed by atoms with Crippen molar-refractivity contribution in [2.45, 2.75) is 25.7 Å². The molecule has 0 aromatic heterocycles. The SMILES string of the molecule is CNCC1CCCN(C(=O)C(C)c2ccc3ccccc3c2)C1.Cl. The quantitative estimate of drug-likeness (QED) is 0.912. The zero-order valence-corrected chi connectivity index (χ0v) is 15.3. The first kappa shape index (κ1) is 18.8. The molecule has 2 atom stereocenters. The summed E-state index contributed by atoms with van der Waals surface area (Å²) in [5.41, 5.74) is 1.12. The van der Waals surface area contributed by atoms with Gasteiger partial charge in [0.15, 0.2) is 0 Å². The highest BCUT2D eigenvalue weighted by molar-refractivity contribution is 5.87. The maximum atomic E-state index is 12.9. The number of carbonyl (C=O) groups excluding carboxylic acids is 1. The monoisotopic (exact) mass is 346 g/mol. The van der Waals surface area contributed by atoms with Gasteiger partial charge >= 0.3 is 0 Å². The number of fused-ring (bicyclic) bond motifs is 1. The maximum absolute atomic E-state index is 12.9. The molecule has 0 aliphatic carbocycles. The molecule has 3 rings (SSSR count). The Bertz CT molecular complexity index is 686. The lowest BCUT2D eigenvalue weighted by Crippen LogP contribution is -2.44. The first-order valence-electron chi connectivity index (χ1n) is 8.61. The van der Waals surface area contributed by atoms with Gasteiger partial charge in [0.05, 0.1) is 5.92 Å². The summed E-state index contributed by atoms with van der Waals surface area (Å²) in [6.07, 6.45) is 2.33. The zero-order valence-electron chi connectivity index (χ0n) is 14.5. The molecule has 0 spiro atoms. The van der Waals surface area contributed by atoms with Crippen LogP contribution in [0.25, 0.3) is 10.8 Å². The molecule has 1 saturated heterocycles. The van der Waals surface area contributed by atoms with Gasteiger partial charge in [-0.05, 0) is 55.6 Å². The van der Waals surface area contributed by atoms with E-state index in [0.29, 0.717) is 5.92 Å². The number of rotatable bonds is 4. The molecule has 0 radical (unpaired) electrons. The van der Waals surface area contributed by atoms with Gasteiger partial charge in [-0.1, -0.05) is 42.5 Å². The molecule has 4 heteroatoms. The molecule has 130 valence electrons. The van der Waals surface area contributed by atoms with E-state index in [1.807, 2.05) is 26.1 Å². The second kappa shape index (κ2) is 8.50. The van der Waals surface area contributed by atoms with Crippen LogP contribution in [0.1, 0.15) is 31.2 Å². The number of benzene rings is 2. The number of hydrogen-bond acceptors (Lipinski definition) is 2. The number of carbonyl (C=O) groups is 1. The summed E-state index contributed by atoms with van der Waals surface area (Å²) < 4.78 is 0. The van der Waals surface area contributed by atoms with Crippen LogP contribution in [0.5, 0.6) is 0 Å². The summed E-state index contributed by atoms with van der Waals surface area (Å²) >= 11 is 0. The van der Waals surface area contributed by atoms with Crippen LogP contribution >= 0.6 is 12.4 Å². The molecule has 1 amide bonds. The Morgan fingerprint density at radius 2 is 2.00 bits per heavy atom. The van der Waals surface area contributed by atoms with Gasteiger partial charge in [-0.3, -0.25) is 4.79 Å². The lowest BCUT2D eigenvalue weighted by atomic mass is 9.93. The fourth-order valence-corrected chi connectivity index (χ4v) is 3.61. The molecule has 1 aliphatic heterocycles. The largest absolute Gasteiger partial charge is 0.342 e. The van der Waals surface area contributed by atoms with E-state index in [9.17, 15) is 4.79 Å². The summed E-state index contributed by atoms with van der Waals surface area (Å²) in [6.45, 7) is 4.82. The molecule has 1 fully saturated rings. The first-order chi connectivity index (χ1) is 11.2. The zero-order chi connectivity index (χ0) is 16.2. The van der Waals surface area contributed by atoms with E-state index >= 15 is 0 Å². The summed E-state index contributed by atoms with van der Waals surface area (Å²) in [4.78, 5) is 15.0. The van der Waals surface area contributed by atoms with Crippen molar-refractivity contribution >= 4 is 29.1 Å². The van der Waals surface area contributed by atoms with Gasteiger partial charge in [0.2, 0.25) is 5.91 Å². The molecule has 2 aromatic carbocycles. The molecular weight excluding hydrogens is 320 g/mol. The molecule has 24 heavy (non-hydrogen) atoms. The molecule has 2 aromatic rings. The van der Waals surface area contributed by atoms with E-state index in [1.165, 1.54) is 17.2 Å². The average molecular weight is 347 g/mol. The highest BCUT2D eigenvalue weighted by atomic mass is 35.5. The summed E-state index contributed by atoms with van der Waals surface area (Å²) in [6, 6.07) is 14.7. The molecular formula is C20H27ClN2O. The minimum absolute atomic E-state index is 0. The average Bonchev–Trinajstić information content (AvgIpc) is 2.60. The van der Waals surface area contributed by atoms with Crippen LogP contribution < -0.4 is 5.32 Å². The van der Waals surface area contributed by atoms with Crippen LogP contribution in [0.4, 0.5) is 0 Å². The smallest absolute Gasteiger partial charge is 0.229 e. The Morgan fingerprint density at radius 1 is 1.25 bits per heavy atom. The summed E-state index contributed by atoms with van der Waals surface area (Å²) in [5, 5.41) is 5.67. The maximum Gasteiger partial charge on any atom is 0.229 e. The normalized spacial score (nSPS) is 18.9. The second-order valence-electron chi connectivity index (χ2n) is 6.68. The molecule has 2 unspecified atom stereocenters. The highest BCUT2D eigenvalue weighted by Gasteiger charge is 2.27. The van der Waals surface area contributed by atoms with Crippen molar-refractivity contribution in [2.24, 2.45) is 5.92 Å². The number of amides is 1. The van der Waals surface area contributed by atoms with Crippen molar-refractivity contribution in [1.82, 2.24) is 10.2 Å². The Balaban J connectivity index is 0.00000208. The van der Waals surface area contributed by atoms with Crippen molar-refractivity contribution in [3.8, 4) is 0 Å². The van der Waals surface area contributed by atoms with E-state index < -0.39 is 0 Å². The van der Waals surface area contributed by atoms with Crippen molar-refractivity contribution < 1.29 is 4.79 Å². The molecule has 0 bridgehead atoms. The van der Waals surface area contributed by atoms with E-state index in [1.54, 1.807) is 0 Å². The fraction of sp³-hybridized carbons (Fsp3) is 0.450. The van der Waals surface area contributed by atoms with Crippen molar-refractivity contribution in [3.05, 3.63) is 48.0 Å². The fourth-order valence-electron chi connectivity index (χ4n) is 3.61. The Kier molecular flexibility index (Phi) is 6.64. The van der Waals surface area contributed by atoms with E-state index in [2.05, 4.69) is 40.5 Å². The number of nitrogens with zero attached hydrogens (tertiary/aromatic N) is 1. The number of halogens is 1. The molecule has 0 saturated carbocycles. The Hall–Kier alpha value is -1.58. The van der Waals surface area contributed by atoms with Crippen LogP contribution in [0.3, 0.4) is 0 Å². The predicted octanol–water partition coefficient (Wildman–Crippen LogP) is 3.82. The third kappa shape index (κ3) is 4.08. The Labute approximate surface area is 150 Å². The highest BCUT2D eigenvalue weighted by Crippen LogP contribution is 2.25. The van der Waals surface area contributed by atoms with Gasteiger partial charge in [-0.2, -0.15) is 0 Å². The van der Waals surface area contributed by atoms with Gasteiger partial charge < -0.3 is 10.2 Å². The number of piperidine rings is 1. The van der Waals surface area contributed by atoms with Crippen LogP contribution in [0, 0.1) is 5.92 Å². The van der Waals surface area contributed by atoms with Gasteiger partial charge in [0.1, 0.15) is 0 Å². The summed E-state index contributed by atoms with van der Waals surface area (Å²) in [5.74, 6) is 0.774. The first-order valence-corrected chi connectivity index (χ1v) is 8.61. The molecule has 1 N–H and O–H groups in total. The minimum Gasteiger partial charge on any atom is -0.342 e. The topological polar surface area (TPSA) is 32.3 Å². The van der Waals surface area contributed by atoms with Crippen molar-refractivity contribution in [2.75, 3.05) is 26.7 Å². The van der Waals surface area contributed by atoms with Crippen molar-refractivity contribution in [1.29, 1.82) is 0 Å². The van der Waals surface area contributed by atoms with Gasteiger partial charge in [-0.15, -0.1) is 12.4 Å². The second-order valence-corrected chi connectivity index (χ2v) is 6.68. The van der Waals surface area contributed by atoms with E-state index in [4.69, 9.17) is 0 Å². The number of likely N-dealkylation sites (tertiary alicyclic amines) is 1. The lowest BCUT2D eigenvalue weighted by Gasteiger charge is -2.34. The van der Waals surface area contributed by atoms with Gasteiger partial charge in [0, 0.05) is 13.1 Å². The number of nitrogens with one attached hydrogen (secondary N) is 1. The Morgan fingerprint density at radius 3 is 2.75 bits per heavy atom. The van der Waals surface area contributed by atoms with Gasteiger partial charge in [0.25, 0.3) is 0 Å². The third-order valence-corrected chi connectivity index (χ3v) is 4.97. The van der Waals surface area contributed by atoms with Crippen LogP contribution in [-0.4, -0.2) is 37.5 Å². The van der Waals surface area contributed by atoms with Crippen LogP contribution in [0.15, 0.2) is 42.5 Å². The number of hydrogen-bond donors (Lipinski definition) is 1. The van der Waals surface area contributed by atoms with Crippen molar-refractivity contribution in [3.63, 3.8) is 0 Å². The predicted molar refractivity (Wildman–Crippen MR) is 103 cm³/mol. The molecule has 1 heterocycles. The minimum atomic E-state index is -0.0760. The standard InChI is InChI=1S/C20H26N2O.ClH/c1-15(18-10-9-17-7-3-4-8-19(17)12-18)20(23)22-11-5-6-16(14-22)13-21-2;/h3-4,7-10,12,15-16,21H,5-6,11,13-14H2,1-2H3;1H. The van der Waals surface area contributed by atoms with E-state index in [-0.39, 0.29) is 24.2 Å². The van der Waals surface area contributed by atoms with Gasteiger partial charge in [-0.25, -0.2) is 0 Å².